The van der Waals surface area contributed by atoms with E-state index in [1.165, 1.54) is 23.9 Å². The molecule has 0 bridgehead atoms. The molecule has 0 spiro atoms. The molecule has 120 valence electrons. The van der Waals surface area contributed by atoms with Gasteiger partial charge in [0.2, 0.25) is 5.91 Å². The number of carbonyl (C=O) groups is 2. The van der Waals surface area contributed by atoms with Gasteiger partial charge in [0, 0.05) is 6.54 Å². The molecule has 1 aliphatic heterocycles. The van der Waals surface area contributed by atoms with E-state index in [2.05, 4.69) is 0 Å². The van der Waals surface area contributed by atoms with Gasteiger partial charge in [-0.3, -0.25) is 4.79 Å². The van der Waals surface area contributed by atoms with E-state index >= 15 is 0 Å². The predicted molar refractivity (Wildman–Crippen MR) is 86.4 cm³/mol. The summed E-state index contributed by atoms with van der Waals surface area (Å²) in [5.74, 6) is 0.0382. The third-order valence-electron chi connectivity index (χ3n) is 3.65. The van der Waals surface area contributed by atoms with Crippen molar-refractivity contribution in [3.8, 4) is 5.75 Å². The second kappa shape index (κ2) is 7.40. The number of rotatable bonds is 6. The van der Waals surface area contributed by atoms with Crippen LogP contribution >= 0.6 is 11.8 Å². The lowest BCUT2D eigenvalue weighted by molar-refractivity contribution is -0.129. The minimum absolute atomic E-state index is 0.0539. The number of anilines is 1. The summed E-state index contributed by atoms with van der Waals surface area (Å²) in [6.45, 7) is 1.14. The van der Waals surface area contributed by atoms with Crippen LogP contribution in [0.25, 0.3) is 0 Å². The van der Waals surface area contributed by atoms with Crippen LogP contribution < -0.4 is 10.5 Å². The van der Waals surface area contributed by atoms with Crippen LogP contribution in [0.1, 0.15) is 23.2 Å². The van der Waals surface area contributed by atoms with Crippen LogP contribution in [0.5, 0.6) is 5.75 Å². The number of hydrogen-bond donors (Lipinski definition) is 2. The van der Waals surface area contributed by atoms with Crippen LogP contribution in [0, 0.1) is 0 Å². The SMILES string of the molecule is CSCC(=O)N1CCC[C@H]1COc1ccc(C(=O)O)cc1N. The van der Waals surface area contributed by atoms with Gasteiger partial charge < -0.3 is 20.5 Å². The van der Waals surface area contributed by atoms with Crippen LogP contribution in [-0.4, -0.2) is 53.1 Å². The van der Waals surface area contributed by atoms with Gasteiger partial charge in [-0.15, -0.1) is 0 Å². The van der Waals surface area contributed by atoms with E-state index in [1.54, 1.807) is 6.07 Å². The molecule has 0 radical (unpaired) electrons. The van der Waals surface area contributed by atoms with Gasteiger partial charge in [-0.1, -0.05) is 0 Å². The highest BCUT2D eigenvalue weighted by atomic mass is 32.2. The fourth-order valence-corrected chi connectivity index (χ4v) is 2.96. The molecule has 1 aliphatic rings. The molecule has 1 saturated heterocycles. The molecule has 1 atom stereocenters. The van der Waals surface area contributed by atoms with Crippen LogP contribution in [0.15, 0.2) is 18.2 Å². The number of hydrogen-bond acceptors (Lipinski definition) is 5. The van der Waals surface area contributed by atoms with Gasteiger partial charge in [-0.25, -0.2) is 4.79 Å². The molecule has 0 aromatic heterocycles. The van der Waals surface area contributed by atoms with Gasteiger partial charge in [-0.05, 0) is 37.3 Å². The van der Waals surface area contributed by atoms with Crippen LogP contribution in [0.3, 0.4) is 0 Å². The maximum absolute atomic E-state index is 12.0. The van der Waals surface area contributed by atoms with Crippen molar-refractivity contribution in [1.29, 1.82) is 0 Å². The van der Waals surface area contributed by atoms with Crippen LogP contribution in [0.4, 0.5) is 5.69 Å². The first-order valence-electron chi connectivity index (χ1n) is 7.07. The Bertz CT molecular complexity index is 564. The number of carboxylic acids is 1. The molecule has 6 nitrogen and oxygen atoms in total. The van der Waals surface area contributed by atoms with Gasteiger partial charge in [0.1, 0.15) is 12.4 Å². The molecule has 2 rings (SSSR count). The summed E-state index contributed by atoms with van der Waals surface area (Å²) in [6.07, 6.45) is 3.79. The Morgan fingerprint density at radius 1 is 1.50 bits per heavy atom. The highest BCUT2D eigenvalue weighted by molar-refractivity contribution is 7.99. The Balaban J connectivity index is 1.97. The van der Waals surface area contributed by atoms with E-state index < -0.39 is 5.97 Å². The number of benzene rings is 1. The Kier molecular flexibility index (Phi) is 5.54. The Hall–Kier alpha value is -1.89. The number of likely N-dealkylation sites (tertiary alicyclic amines) is 1. The lowest BCUT2D eigenvalue weighted by Gasteiger charge is -2.24. The average molecular weight is 324 g/mol. The number of aromatic carboxylic acids is 1. The number of carboxylic acid groups (broad SMARTS) is 1. The third kappa shape index (κ3) is 3.85. The van der Waals surface area contributed by atoms with E-state index in [1.807, 2.05) is 11.2 Å². The van der Waals surface area contributed by atoms with Gasteiger partial charge in [0.25, 0.3) is 0 Å². The third-order valence-corrected chi connectivity index (χ3v) is 4.19. The topological polar surface area (TPSA) is 92.9 Å². The summed E-state index contributed by atoms with van der Waals surface area (Å²) in [7, 11) is 0. The minimum atomic E-state index is -1.03. The Morgan fingerprint density at radius 3 is 2.91 bits per heavy atom. The highest BCUT2D eigenvalue weighted by Crippen LogP contribution is 2.25. The van der Waals surface area contributed by atoms with Crippen LogP contribution in [-0.2, 0) is 4.79 Å². The van der Waals surface area contributed by atoms with Crippen molar-refractivity contribution in [3.05, 3.63) is 23.8 Å². The summed E-state index contributed by atoms with van der Waals surface area (Å²) in [5.41, 5.74) is 6.23. The van der Waals surface area contributed by atoms with Crippen molar-refractivity contribution in [1.82, 2.24) is 4.90 Å². The normalized spacial score (nSPS) is 17.5. The number of ether oxygens (including phenoxy) is 1. The monoisotopic (exact) mass is 324 g/mol. The molecule has 0 unspecified atom stereocenters. The van der Waals surface area contributed by atoms with Crippen LogP contribution in [0.2, 0.25) is 0 Å². The molecule has 1 fully saturated rings. The molecule has 1 aromatic rings. The van der Waals surface area contributed by atoms with Crippen molar-refractivity contribution >= 4 is 29.3 Å². The van der Waals surface area contributed by atoms with Crippen molar-refractivity contribution < 1.29 is 19.4 Å². The van der Waals surface area contributed by atoms with Crippen molar-refractivity contribution in [3.63, 3.8) is 0 Å². The molecule has 1 heterocycles. The molecule has 1 amide bonds. The molecular weight excluding hydrogens is 304 g/mol. The fourth-order valence-electron chi connectivity index (χ4n) is 2.54. The summed E-state index contributed by atoms with van der Waals surface area (Å²) < 4.78 is 5.70. The first kappa shape index (κ1) is 16.5. The number of nitrogen functional groups attached to an aromatic ring is 1. The van der Waals surface area contributed by atoms with Gasteiger partial charge in [0.15, 0.2) is 0 Å². The predicted octanol–water partition coefficient (Wildman–Crippen LogP) is 1.70. The molecule has 1 aromatic carbocycles. The minimum Gasteiger partial charge on any atom is -0.489 e. The first-order valence-corrected chi connectivity index (χ1v) is 8.46. The summed E-state index contributed by atoms with van der Waals surface area (Å²) in [5, 5.41) is 8.91. The van der Waals surface area contributed by atoms with Gasteiger partial charge >= 0.3 is 5.97 Å². The smallest absolute Gasteiger partial charge is 0.335 e. The number of nitrogens with two attached hydrogens (primary N) is 1. The maximum atomic E-state index is 12.0. The standard InChI is InChI=1S/C15H20N2O4S/c1-22-9-14(18)17-6-2-3-11(17)8-21-13-5-4-10(15(19)20)7-12(13)16/h4-5,7,11H,2-3,6,8-9,16H2,1H3,(H,19,20)/t11-/m0/s1. The number of nitrogens with zero attached hydrogens (tertiary/aromatic N) is 1. The number of carbonyl (C=O) groups excluding carboxylic acids is 1. The molecular formula is C15H20N2O4S. The average Bonchev–Trinajstić information content (AvgIpc) is 2.94. The molecule has 3 N–H and O–H groups in total. The lowest BCUT2D eigenvalue weighted by atomic mass is 10.2. The first-order chi connectivity index (χ1) is 10.5. The highest BCUT2D eigenvalue weighted by Gasteiger charge is 2.28. The summed E-state index contributed by atoms with van der Waals surface area (Å²) in [6, 6.07) is 4.45. The fraction of sp³-hybridized carbons (Fsp3) is 0.467. The zero-order valence-corrected chi connectivity index (χ0v) is 13.3. The molecule has 0 aliphatic carbocycles. The van der Waals surface area contributed by atoms with Crippen molar-refractivity contribution in [2.24, 2.45) is 0 Å². The Morgan fingerprint density at radius 2 is 2.27 bits per heavy atom. The van der Waals surface area contributed by atoms with Crippen molar-refractivity contribution in [2.45, 2.75) is 18.9 Å². The second-order valence-corrected chi connectivity index (χ2v) is 6.05. The maximum Gasteiger partial charge on any atom is 0.335 e. The Labute approximate surface area is 133 Å². The van der Waals surface area contributed by atoms with E-state index in [0.29, 0.717) is 23.8 Å². The molecule has 7 heteroatoms. The largest absolute Gasteiger partial charge is 0.489 e. The molecule has 22 heavy (non-hydrogen) atoms. The van der Waals surface area contributed by atoms with E-state index in [0.717, 1.165) is 19.4 Å². The number of thioether (sulfide) groups is 1. The van der Waals surface area contributed by atoms with E-state index in [9.17, 15) is 9.59 Å². The van der Waals surface area contributed by atoms with Gasteiger partial charge in [-0.2, -0.15) is 11.8 Å². The quantitative estimate of drug-likeness (QED) is 0.774. The summed E-state index contributed by atoms with van der Waals surface area (Å²) in [4.78, 5) is 24.7. The molecule has 0 saturated carbocycles. The van der Waals surface area contributed by atoms with E-state index in [4.69, 9.17) is 15.6 Å². The zero-order chi connectivity index (χ0) is 16.1. The van der Waals surface area contributed by atoms with E-state index in [-0.39, 0.29) is 17.5 Å². The zero-order valence-electron chi connectivity index (χ0n) is 12.4. The lowest BCUT2D eigenvalue weighted by Crippen LogP contribution is -2.40. The van der Waals surface area contributed by atoms with Crippen molar-refractivity contribution in [2.75, 3.05) is 30.9 Å². The summed E-state index contributed by atoms with van der Waals surface area (Å²) >= 11 is 1.51. The second-order valence-electron chi connectivity index (χ2n) is 5.18. The number of amides is 1. The van der Waals surface area contributed by atoms with Gasteiger partial charge in [0.05, 0.1) is 23.0 Å².